The Balaban J connectivity index is 2.09. The second-order valence-corrected chi connectivity index (χ2v) is 5.39. The number of carbonyl (C=O) groups is 1. The third-order valence-corrected chi connectivity index (χ3v) is 3.47. The fraction of sp³-hybridized carbons (Fsp3) is 0.125. The van der Waals surface area contributed by atoms with Crippen molar-refractivity contribution < 1.29 is 19.4 Å². The first-order valence-electron chi connectivity index (χ1n) is 6.59. The molecule has 0 heterocycles. The Hall–Kier alpha value is -2.54. The average Bonchev–Trinajstić information content (AvgIpc) is 2.57. The zero-order valence-electron chi connectivity index (χ0n) is 12.5. The standard InChI is InChI=1S/C16H15BrN2O4/c1-22-13-5-3-10(4-6-13)16(21)19-18-9-11-7-12(17)8-14(23-2)15(11)20/h3-9,20H,1-2H3,(H,19,21). The van der Waals surface area contributed by atoms with Gasteiger partial charge in [-0.25, -0.2) is 5.43 Å². The normalized spacial score (nSPS) is 10.6. The molecule has 7 heteroatoms. The van der Waals surface area contributed by atoms with E-state index < -0.39 is 0 Å². The van der Waals surface area contributed by atoms with Crippen LogP contribution >= 0.6 is 15.9 Å². The van der Waals surface area contributed by atoms with Gasteiger partial charge in [0.15, 0.2) is 11.5 Å². The van der Waals surface area contributed by atoms with Gasteiger partial charge in [-0.15, -0.1) is 0 Å². The Bertz CT molecular complexity index is 730. The lowest BCUT2D eigenvalue weighted by atomic mass is 10.2. The third kappa shape index (κ3) is 4.23. The summed E-state index contributed by atoms with van der Waals surface area (Å²) < 4.78 is 10.8. The van der Waals surface area contributed by atoms with Gasteiger partial charge in [-0.05, 0) is 36.4 Å². The number of hydrogen-bond acceptors (Lipinski definition) is 5. The molecule has 2 N–H and O–H groups in total. The number of phenolic OH excluding ortho intramolecular Hbond substituents is 1. The van der Waals surface area contributed by atoms with E-state index in [0.717, 1.165) is 4.47 Å². The number of carbonyl (C=O) groups excluding carboxylic acids is 1. The Labute approximate surface area is 141 Å². The van der Waals surface area contributed by atoms with Crippen LogP contribution in [0.5, 0.6) is 17.2 Å². The van der Waals surface area contributed by atoms with Crippen molar-refractivity contribution in [2.75, 3.05) is 14.2 Å². The van der Waals surface area contributed by atoms with Gasteiger partial charge in [0.1, 0.15) is 5.75 Å². The van der Waals surface area contributed by atoms with E-state index in [4.69, 9.17) is 9.47 Å². The average molecular weight is 379 g/mol. The van der Waals surface area contributed by atoms with Crippen molar-refractivity contribution in [1.82, 2.24) is 5.43 Å². The van der Waals surface area contributed by atoms with Crippen molar-refractivity contribution >= 4 is 28.1 Å². The van der Waals surface area contributed by atoms with Crippen LogP contribution in [0.2, 0.25) is 0 Å². The first kappa shape index (κ1) is 16.8. The molecule has 0 aromatic heterocycles. The molecule has 0 radical (unpaired) electrons. The minimum absolute atomic E-state index is 0.0573. The Kier molecular flexibility index (Phi) is 5.59. The number of methoxy groups -OCH3 is 2. The highest BCUT2D eigenvalue weighted by Crippen LogP contribution is 2.32. The Morgan fingerprint density at radius 1 is 1.22 bits per heavy atom. The van der Waals surface area contributed by atoms with E-state index in [1.807, 2.05) is 0 Å². The number of nitrogens with zero attached hydrogens (tertiary/aromatic N) is 1. The fourth-order valence-electron chi connectivity index (χ4n) is 1.82. The van der Waals surface area contributed by atoms with E-state index in [2.05, 4.69) is 26.5 Å². The number of halogens is 1. The Morgan fingerprint density at radius 3 is 2.52 bits per heavy atom. The number of ether oxygens (including phenoxy) is 2. The SMILES string of the molecule is COc1ccc(C(=O)NN=Cc2cc(Br)cc(OC)c2O)cc1. The van der Waals surface area contributed by atoms with Gasteiger partial charge in [-0.3, -0.25) is 4.79 Å². The van der Waals surface area contributed by atoms with Crippen molar-refractivity contribution in [3.05, 3.63) is 52.0 Å². The predicted octanol–water partition coefficient (Wildman–Crippen LogP) is 2.94. The minimum atomic E-state index is -0.370. The molecule has 0 aliphatic rings. The van der Waals surface area contributed by atoms with Gasteiger partial charge in [-0.2, -0.15) is 5.10 Å². The third-order valence-electron chi connectivity index (χ3n) is 3.01. The molecule has 2 aromatic carbocycles. The van der Waals surface area contributed by atoms with Crippen molar-refractivity contribution in [3.8, 4) is 17.2 Å². The molecule has 0 saturated carbocycles. The zero-order chi connectivity index (χ0) is 16.8. The molecule has 6 nitrogen and oxygen atoms in total. The lowest BCUT2D eigenvalue weighted by Gasteiger charge is -2.07. The van der Waals surface area contributed by atoms with Crippen LogP contribution in [0.25, 0.3) is 0 Å². The first-order chi connectivity index (χ1) is 11.0. The largest absolute Gasteiger partial charge is 0.504 e. The summed E-state index contributed by atoms with van der Waals surface area (Å²) in [5.74, 6) is 0.544. The lowest BCUT2D eigenvalue weighted by molar-refractivity contribution is 0.0955. The topological polar surface area (TPSA) is 80.2 Å². The van der Waals surface area contributed by atoms with Gasteiger partial charge in [0.25, 0.3) is 5.91 Å². The molecule has 0 atom stereocenters. The number of hydrazone groups is 1. The number of phenols is 1. The summed E-state index contributed by atoms with van der Waals surface area (Å²) in [5.41, 5.74) is 3.24. The smallest absolute Gasteiger partial charge is 0.271 e. The van der Waals surface area contributed by atoms with Crippen LogP contribution in [0.3, 0.4) is 0 Å². The number of amides is 1. The molecule has 2 aromatic rings. The maximum atomic E-state index is 11.9. The van der Waals surface area contributed by atoms with Crippen LogP contribution in [0.15, 0.2) is 46.0 Å². The highest BCUT2D eigenvalue weighted by atomic mass is 79.9. The molecule has 0 fully saturated rings. The summed E-state index contributed by atoms with van der Waals surface area (Å²) in [6.07, 6.45) is 1.34. The minimum Gasteiger partial charge on any atom is -0.504 e. The highest BCUT2D eigenvalue weighted by molar-refractivity contribution is 9.10. The van der Waals surface area contributed by atoms with E-state index in [-0.39, 0.29) is 11.7 Å². The van der Waals surface area contributed by atoms with Crippen LogP contribution < -0.4 is 14.9 Å². The van der Waals surface area contributed by atoms with E-state index in [0.29, 0.717) is 22.6 Å². The number of hydrogen-bond donors (Lipinski definition) is 2. The number of rotatable bonds is 5. The quantitative estimate of drug-likeness (QED) is 0.619. The number of benzene rings is 2. The zero-order valence-corrected chi connectivity index (χ0v) is 14.1. The van der Waals surface area contributed by atoms with E-state index in [9.17, 15) is 9.90 Å². The molecule has 0 saturated heterocycles. The molecule has 0 bridgehead atoms. The summed E-state index contributed by atoms with van der Waals surface area (Å²) in [5, 5.41) is 13.8. The van der Waals surface area contributed by atoms with E-state index in [1.54, 1.807) is 43.5 Å². The van der Waals surface area contributed by atoms with Crippen molar-refractivity contribution in [3.63, 3.8) is 0 Å². The van der Waals surface area contributed by atoms with Crippen molar-refractivity contribution in [1.29, 1.82) is 0 Å². The second kappa shape index (κ2) is 7.64. The van der Waals surface area contributed by atoms with Gasteiger partial charge in [0, 0.05) is 15.6 Å². The van der Waals surface area contributed by atoms with Crippen LogP contribution in [0.4, 0.5) is 0 Å². The van der Waals surface area contributed by atoms with Crippen LogP contribution in [-0.4, -0.2) is 31.4 Å². The molecule has 0 aliphatic carbocycles. The molecule has 120 valence electrons. The van der Waals surface area contributed by atoms with Crippen LogP contribution in [-0.2, 0) is 0 Å². The molecule has 0 unspecified atom stereocenters. The van der Waals surface area contributed by atoms with Crippen LogP contribution in [0, 0.1) is 0 Å². The van der Waals surface area contributed by atoms with Crippen LogP contribution in [0.1, 0.15) is 15.9 Å². The number of aromatic hydroxyl groups is 1. The maximum absolute atomic E-state index is 11.9. The molecule has 0 spiro atoms. The maximum Gasteiger partial charge on any atom is 0.271 e. The second-order valence-electron chi connectivity index (χ2n) is 4.47. The summed E-state index contributed by atoms with van der Waals surface area (Å²) in [6, 6.07) is 9.91. The molecule has 0 aliphatic heterocycles. The van der Waals surface area contributed by atoms with Gasteiger partial charge in [-0.1, -0.05) is 15.9 Å². The summed E-state index contributed by atoms with van der Waals surface area (Å²) in [6.45, 7) is 0. The predicted molar refractivity (Wildman–Crippen MR) is 90.4 cm³/mol. The fourth-order valence-corrected chi connectivity index (χ4v) is 2.27. The van der Waals surface area contributed by atoms with Crippen molar-refractivity contribution in [2.45, 2.75) is 0 Å². The molecular weight excluding hydrogens is 364 g/mol. The van der Waals surface area contributed by atoms with Gasteiger partial charge < -0.3 is 14.6 Å². The monoisotopic (exact) mass is 378 g/mol. The van der Waals surface area contributed by atoms with Gasteiger partial charge >= 0.3 is 0 Å². The highest BCUT2D eigenvalue weighted by Gasteiger charge is 2.08. The molecular formula is C16H15BrN2O4. The van der Waals surface area contributed by atoms with E-state index in [1.165, 1.54) is 13.3 Å². The molecule has 1 amide bonds. The molecule has 2 rings (SSSR count). The lowest BCUT2D eigenvalue weighted by Crippen LogP contribution is -2.17. The summed E-state index contributed by atoms with van der Waals surface area (Å²) >= 11 is 3.31. The number of nitrogens with one attached hydrogen (secondary N) is 1. The Morgan fingerprint density at radius 2 is 1.91 bits per heavy atom. The van der Waals surface area contributed by atoms with E-state index >= 15 is 0 Å². The summed E-state index contributed by atoms with van der Waals surface area (Å²) in [4.78, 5) is 11.9. The van der Waals surface area contributed by atoms with Gasteiger partial charge in [0.2, 0.25) is 0 Å². The van der Waals surface area contributed by atoms with Gasteiger partial charge in [0.05, 0.1) is 20.4 Å². The summed E-state index contributed by atoms with van der Waals surface area (Å²) in [7, 11) is 3.01. The van der Waals surface area contributed by atoms with Crippen molar-refractivity contribution in [2.24, 2.45) is 5.10 Å². The first-order valence-corrected chi connectivity index (χ1v) is 7.38. The molecule has 23 heavy (non-hydrogen) atoms.